The van der Waals surface area contributed by atoms with Gasteiger partial charge in [-0.15, -0.1) is 0 Å². The highest BCUT2D eigenvalue weighted by molar-refractivity contribution is 7.89. The Hall–Kier alpha value is -3.70. The SMILES string of the molecule is COC(=O)/C=C/[C@@H]1O[C@H]1[C@H](CCCOCc1ccccc1)N(Cc1ccc(OC)c(OC)c1)S(=O)(=O)c1ccc(C)cc1. The summed E-state index contributed by atoms with van der Waals surface area (Å²) in [6.45, 7) is 2.88. The lowest BCUT2D eigenvalue weighted by atomic mass is 10.0. The second-order valence-corrected chi connectivity index (χ2v) is 12.1. The van der Waals surface area contributed by atoms with Gasteiger partial charge in [-0.3, -0.25) is 0 Å². The molecule has 3 aromatic carbocycles. The second-order valence-electron chi connectivity index (χ2n) is 10.2. The van der Waals surface area contributed by atoms with Gasteiger partial charge in [0, 0.05) is 19.2 Å². The van der Waals surface area contributed by atoms with Crippen LogP contribution in [0.1, 0.15) is 29.5 Å². The van der Waals surface area contributed by atoms with Crippen LogP contribution in [0.5, 0.6) is 11.5 Å². The Morgan fingerprint density at radius 2 is 1.67 bits per heavy atom. The fourth-order valence-corrected chi connectivity index (χ4v) is 6.51. The third-order valence-corrected chi connectivity index (χ3v) is 9.13. The molecule has 230 valence electrons. The number of carbonyl (C=O) groups excluding carboxylic acids is 1. The van der Waals surface area contributed by atoms with Crippen molar-refractivity contribution in [1.82, 2.24) is 4.31 Å². The first-order chi connectivity index (χ1) is 20.8. The normalized spacial score (nSPS) is 17.1. The van der Waals surface area contributed by atoms with E-state index in [9.17, 15) is 13.2 Å². The largest absolute Gasteiger partial charge is 0.493 e. The molecular formula is C33H39NO8S. The van der Waals surface area contributed by atoms with Gasteiger partial charge in [0.05, 0.1) is 38.9 Å². The molecule has 3 aromatic rings. The monoisotopic (exact) mass is 609 g/mol. The van der Waals surface area contributed by atoms with Crippen LogP contribution < -0.4 is 9.47 Å². The molecule has 4 rings (SSSR count). The lowest BCUT2D eigenvalue weighted by molar-refractivity contribution is -0.134. The predicted molar refractivity (Wildman–Crippen MR) is 162 cm³/mol. The van der Waals surface area contributed by atoms with E-state index in [1.54, 1.807) is 49.6 Å². The van der Waals surface area contributed by atoms with Crippen LogP contribution in [0.15, 0.2) is 89.8 Å². The number of hydrogen-bond donors (Lipinski definition) is 0. The first kappa shape index (κ1) is 32.2. The van der Waals surface area contributed by atoms with Gasteiger partial charge in [-0.25, -0.2) is 13.2 Å². The van der Waals surface area contributed by atoms with Crippen molar-refractivity contribution >= 4 is 16.0 Å². The smallest absolute Gasteiger partial charge is 0.330 e. The molecule has 0 N–H and O–H groups in total. The topological polar surface area (TPSA) is 104 Å². The first-order valence-corrected chi connectivity index (χ1v) is 15.5. The number of nitrogens with zero attached hydrogens (tertiary/aromatic N) is 1. The maximum Gasteiger partial charge on any atom is 0.330 e. The predicted octanol–water partition coefficient (Wildman–Crippen LogP) is 5.07. The molecule has 0 saturated carbocycles. The summed E-state index contributed by atoms with van der Waals surface area (Å²) in [4.78, 5) is 11.9. The number of ether oxygens (including phenoxy) is 5. The Labute approximate surface area is 254 Å². The van der Waals surface area contributed by atoms with Crippen molar-refractivity contribution in [3.05, 3.63) is 102 Å². The minimum absolute atomic E-state index is 0.0688. The molecule has 0 bridgehead atoms. The van der Waals surface area contributed by atoms with Gasteiger partial charge >= 0.3 is 5.97 Å². The third kappa shape index (κ3) is 8.67. The molecule has 0 aromatic heterocycles. The Balaban J connectivity index is 1.63. The molecule has 1 fully saturated rings. The van der Waals surface area contributed by atoms with Crippen molar-refractivity contribution in [2.75, 3.05) is 27.9 Å². The number of methoxy groups -OCH3 is 3. The number of hydrogen-bond acceptors (Lipinski definition) is 8. The standard InChI is InChI=1S/C33H39NO8S/c1-24-12-15-27(16-13-24)43(36,37)34(22-26-14-17-29(38-2)31(21-26)39-3)28(33-30(42-33)18-19-32(35)40-4)11-8-20-41-23-25-9-6-5-7-10-25/h5-7,9-10,12-19,21,28,30,33H,8,11,20,22-23H2,1-4H3/b19-18+/t28-,30-,33-/m0/s1. The third-order valence-electron chi connectivity index (χ3n) is 7.25. The van der Waals surface area contributed by atoms with E-state index in [0.29, 0.717) is 37.6 Å². The van der Waals surface area contributed by atoms with E-state index >= 15 is 0 Å². The molecular weight excluding hydrogens is 570 g/mol. The number of aryl methyl sites for hydroxylation is 1. The molecule has 43 heavy (non-hydrogen) atoms. The lowest BCUT2D eigenvalue weighted by Gasteiger charge is -2.31. The molecule has 10 heteroatoms. The minimum Gasteiger partial charge on any atom is -0.493 e. The zero-order chi connectivity index (χ0) is 30.8. The highest BCUT2D eigenvalue weighted by Crippen LogP contribution is 2.37. The van der Waals surface area contributed by atoms with Gasteiger partial charge in [0.25, 0.3) is 0 Å². The van der Waals surface area contributed by atoms with Crippen LogP contribution in [-0.2, 0) is 42.2 Å². The molecule has 1 aliphatic rings. The first-order valence-electron chi connectivity index (χ1n) is 14.1. The summed E-state index contributed by atoms with van der Waals surface area (Å²) in [5, 5.41) is 0. The number of sulfonamides is 1. The summed E-state index contributed by atoms with van der Waals surface area (Å²) in [5.74, 6) is 0.541. The molecule has 0 radical (unpaired) electrons. The van der Waals surface area contributed by atoms with Gasteiger partial charge in [-0.1, -0.05) is 54.1 Å². The summed E-state index contributed by atoms with van der Waals surface area (Å²) >= 11 is 0. The van der Waals surface area contributed by atoms with Crippen molar-refractivity contribution in [3.63, 3.8) is 0 Å². The number of epoxide rings is 1. The zero-order valence-electron chi connectivity index (χ0n) is 25.0. The van der Waals surface area contributed by atoms with Crippen molar-refractivity contribution in [3.8, 4) is 11.5 Å². The van der Waals surface area contributed by atoms with Gasteiger partial charge < -0.3 is 23.7 Å². The summed E-state index contributed by atoms with van der Waals surface area (Å²) in [7, 11) is 0.413. The summed E-state index contributed by atoms with van der Waals surface area (Å²) in [6.07, 6.45) is 3.09. The van der Waals surface area contributed by atoms with Gasteiger partial charge in [0.15, 0.2) is 11.5 Å². The van der Waals surface area contributed by atoms with Gasteiger partial charge in [-0.05, 0) is 61.2 Å². The molecule has 1 aliphatic heterocycles. The summed E-state index contributed by atoms with van der Waals surface area (Å²) < 4.78 is 57.5. The average molecular weight is 610 g/mol. The van der Waals surface area contributed by atoms with E-state index < -0.39 is 34.2 Å². The van der Waals surface area contributed by atoms with Crippen LogP contribution in [0.3, 0.4) is 0 Å². The second kappa shape index (κ2) is 15.2. The fourth-order valence-electron chi connectivity index (χ4n) is 4.86. The maximum atomic E-state index is 14.3. The number of rotatable bonds is 16. The molecule has 0 spiro atoms. The van der Waals surface area contributed by atoms with E-state index in [0.717, 1.165) is 16.7 Å². The van der Waals surface area contributed by atoms with E-state index in [2.05, 4.69) is 0 Å². The number of carbonyl (C=O) groups is 1. The molecule has 0 unspecified atom stereocenters. The van der Waals surface area contributed by atoms with Crippen molar-refractivity contribution < 1.29 is 36.9 Å². The zero-order valence-corrected chi connectivity index (χ0v) is 25.8. The van der Waals surface area contributed by atoms with E-state index in [-0.39, 0.29) is 11.4 Å². The summed E-state index contributed by atoms with van der Waals surface area (Å²) in [5.41, 5.74) is 2.74. The van der Waals surface area contributed by atoms with Crippen LogP contribution >= 0.6 is 0 Å². The van der Waals surface area contributed by atoms with Crippen LogP contribution in [0, 0.1) is 6.92 Å². The Morgan fingerprint density at radius 3 is 2.35 bits per heavy atom. The Kier molecular flexibility index (Phi) is 11.4. The lowest BCUT2D eigenvalue weighted by Crippen LogP contribution is -2.43. The highest BCUT2D eigenvalue weighted by Gasteiger charge is 2.48. The maximum absolute atomic E-state index is 14.3. The van der Waals surface area contributed by atoms with E-state index in [4.69, 9.17) is 23.7 Å². The quantitative estimate of drug-likeness (QED) is 0.0961. The highest BCUT2D eigenvalue weighted by atomic mass is 32.2. The number of benzene rings is 3. The van der Waals surface area contributed by atoms with Crippen molar-refractivity contribution in [2.45, 2.75) is 56.1 Å². The van der Waals surface area contributed by atoms with Crippen molar-refractivity contribution in [1.29, 1.82) is 0 Å². The molecule has 0 amide bonds. The van der Waals surface area contributed by atoms with E-state index in [1.807, 2.05) is 43.3 Å². The van der Waals surface area contributed by atoms with Gasteiger partial charge in [0.1, 0.15) is 12.2 Å². The summed E-state index contributed by atoms with van der Waals surface area (Å²) in [6, 6.07) is 21.5. The van der Waals surface area contributed by atoms with Crippen LogP contribution in [-0.4, -0.2) is 64.9 Å². The Bertz CT molecular complexity index is 1470. The molecule has 3 atom stereocenters. The van der Waals surface area contributed by atoms with Crippen molar-refractivity contribution in [2.24, 2.45) is 0 Å². The molecule has 9 nitrogen and oxygen atoms in total. The number of esters is 1. The van der Waals surface area contributed by atoms with Gasteiger partial charge in [-0.2, -0.15) is 4.31 Å². The Morgan fingerprint density at radius 1 is 0.953 bits per heavy atom. The van der Waals surface area contributed by atoms with Crippen LogP contribution in [0.4, 0.5) is 0 Å². The van der Waals surface area contributed by atoms with E-state index in [1.165, 1.54) is 24.6 Å². The average Bonchev–Trinajstić information content (AvgIpc) is 3.80. The molecule has 1 saturated heterocycles. The van der Waals surface area contributed by atoms with Crippen LogP contribution in [0.2, 0.25) is 0 Å². The molecule has 0 aliphatic carbocycles. The fraction of sp³-hybridized carbons (Fsp3) is 0.364. The van der Waals surface area contributed by atoms with Gasteiger partial charge in [0.2, 0.25) is 10.0 Å². The van der Waals surface area contributed by atoms with Crippen LogP contribution in [0.25, 0.3) is 0 Å². The molecule has 1 heterocycles. The minimum atomic E-state index is -3.98.